The molecule has 0 bridgehead atoms. The van der Waals surface area contributed by atoms with E-state index in [4.69, 9.17) is 10.5 Å². The number of carbonyl (C=O) groups excluding carboxylic acids is 2. The second-order valence-electron chi connectivity index (χ2n) is 6.72. The summed E-state index contributed by atoms with van der Waals surface area (Å²) in [5.74, 6) is 0.148. The first-order valence-electron chi connectivity index (χ1n) is 8.86. The average molecular weight is 347 g/mol. The number of amides is 2. The maximum absolute atomic E-state index is 12.7. The van der Waals surface area contributed by atoms with Gasteiger partial charge in [0.25, 0.3) is 5.91 Å². The van der Waals surface area contributed by atoms with Crippen molar-refractivity contribution in [2.75, 3.05) is 33.9 Å². The predicted molar refractivity (Wildman–Crippen MR) is 97.1 cm³/mol. The Kier molecular flexibility index (Phi) is 6.96. The van der Waals surface area contributed by atoms with Crippen LogP contribution in [0.1, 0.15) is 35.7 Å². The van der Waals surface area contributed by atoms with Crippen LogP contribution in [0.2, 0.25) is 0 Å². The van der Waals surface area contributed by atoms with Crippen molar-refractivity contribution in [3.05, 3.63) is 35.4 Å². The molecule has 25 heavy (non-hydrogen) atoms. The second-order valence-corrected chi connectivity index (χ2v) is 6.72. The van der Waals surface area contributed by atoms with Gasteiger partial charge in [0.2, 0.25) is 5.91 Å². The highest BCUT2D eigenvalue weighted by molar-refractivity contribution is 5.93. The molecule has 6 nitrogen and oxygen atoms in total. The van der Waals surface area contributed by atoms with Crippen LogP contribution in [0.25, 0.3) is 0 Å². The summed E-state index contributed by atoms with van der Waals surface area (Å²) in [5.41, 5.74) is 7.85. The Balaban J connectivity index is 2.00. The van der Waals surface area contributed by atoms with Gasteiger partial charge in [-0.25, -0.2) is 0 Å². The molecule has 2 amide bonds. The van der Waals surface area contributed by atoms with Crippen LogP contribution in [-0.2, 0) is 16.1 Å². The number of hydrogen-bond acceptors (Lipinski definition) is 4. The van der Waals surface area contributed by atoms with E-state index in [1.807, 2.05) is 19.1 Å². The van der Waals surface area contributed by atoms with Crippen molar-refractivity contribution in [2.45, 2.75) is 32.4 Å². The lowest BCUT2D eigenvalue weighted by Gasteiger charge is -2.31. The van der Waals surface area contributed by atoms with Gasteiger partial charge in [0, 0.05) is 46.0 Å². The van der Waals surface area contributed by atoms with Crippen LogP contribution in [0.4, 0.5) is 0 Å². The van der Waals surface area contributed by atoms with Gasteiger partial charge in [-0.05, 0) is 43.4 Å². The molecule has 0 spiro atoms. The monoisotopic (exact) mass is 347 g/mol. The highest BCUT2D eigenvalue weighted by Crippen LogP contribution is 2.20. The largest absolute Gasteiger partial charge is 0.381 e. The summed E-state index contributed by atoms with van der Waals surface area (Å²) in [6.45, 7) is 4.42. The number of hydrogen-bond donors (Lipinski definition) is 1. The molecule has 0 aromatic heterocycles. The van der Waals surface area contributed by atoms with Crippen LogP contribution in [0, 0.1) is 5.92 Å². The fourth-order valence-corrected chi connectivity index (χ4v) is 3.06. The fourth-order valence-electron chi connectivity index (χ4n) is 3.06. The van der Waals surface area contributed by atoms with Crippen molar-refractivity contribution < 1.29 is 14.3 Å². The Bertz CT molecular complexity index is 580. The van der Waals surface area contributed by atoms with Crippen molar-refractivity contribution in [2.24, 2.45) is 11.7 Å². The van der Waals surface area contributed by atoms with Crippen LogP contribution in [0.3, 0.4) is 0 Å². The molecule has 2 rings (SSSR count). The zero-order valence-electron chi connectivity index (χ0n) is 15.4. The maximum atomic E-state index is 12.7. The lowest BCUT2D eigenvalue weighted by molar-refractivity contribution is -0.135. The lowest BCUT2D eigenvalue weighted by Crippen LogP contribution is -2.48. The van der Waals surface area contributed by atoms with E-state index in [9.17, 15) is 9.59 Å². The van der Waals surface area contributed by atoms with E-state index < -0.39 is 6.04 Å². The molecule has 1 fully saturated rings. The second kappa shape index (κ2) is 8.97. The van der Waals surface area contributed by atoms with Crippen LogP contribution < -0.4 is 5.73 Å². The smallest absolute Gasteiger partial charge is 0.253 e. The summed E-state index contributed by atoms with van der Waals surface area (Å²) >= 11 is 0. The van der Waals surface area contributed by atoms with Gasteiger partial charge in [-0.1, -0.05) is 12.1 Å². The van der Waals surface area contributed by atoms with Crippen molar-refractivity contribution >= 4 is 11.8 Å². The predicted octanol–water partition coefficient (Wildman–Crippen LogP) is 1.49. The summed E-state index contributed by atoms with van der Waals surface area (Å²) < 4.78 is 5.35. The minimum Gasteiger partial charge on any atom is -0.381 e. The zero-order valence-corrected chi connectivity index (χ0v) is 15.4. The molecule has 1 atom stereocenters. The van der Waals surface area contributed by atoms with Crippen molar-refractivity contribution in [3.8, 4) is 0 Å². The van der Waals surface area contributed by atoms with Gasteiger partial charge < -0.3 is 20.3 Å². The van der Waals surface area contributed by atoms with Crippen molar-refractivity contribution in [3.63, 3.8) is 0 Å². The van der Waals surface area contributed by atoms with Crippen LogP contribution in [-0.4, -0.2) is 61.5 Å². The van der Waals surface area contributed by atoms with E-state index in [2.05, 4.69) is 0 Å². The number of likely N-dealkylation sites (N-methyl/N-ethyl adjacent to an activating group) is 1. The van der Waals surface area contributed by atoms with Gasteiger partial charge in [-0.15, -0.1) is 0 Å². The first-order valence-corrected chi connectivity index (χ1v) is 8.86. The summed E-state index contributed by atoms with van der Waals surface area (Å²) in [7, 11) is 3.46. The molecule has 2 N–H and O–H groups in total. The first-order chi connectivity index (χ1) is 11.9. The minimum absolute atomic E-state index is 0.0113. The fraction of sp³-hybridized carbons (Fsp3) is 0.579. The topological polar surface area (TPSA) is 75.9 Å². The molecule has 1 saturated heterocycles. The summed E-state index contributed by atoms with van der Waals surface area (Å²) in [5, 5.41) is 0. The van der Waals surface area contributed by atoms with Crippen LogP contribution in [0.5, 0.6) is 0 Å². The van der Waals surface area contributed by atoms with Gasteiger partial charge >= 0.3 is 0 Å². The first kappa shape index (κ1) is 19.4. The maximum Gasteiger partial charge on any atom is 0.253 e. The number of ether oxygens (including phenoxy) is 1. The highest BCUT2D eigenvalue weighted by Gasteiger charge is 2.29. The Morgan fingerprint density at radius 1 is 1.20 bits per heavy atom. The van der Waals surface area contributed by atoms with E-state index in [1.165, 1.54) is 0 Å². The van der Waals surface area contributed by atoms with Crippen molar-refractivity contribution in [1.29, 1.82) is 0 Å². The quantitative estimate of drug-likeness (QED) is 0.846. The number of benzene rings is 1. The molecular weight excluding hydrogens is 318 g/mol. The molecule has 1 aliphatic heterocycles. The molecule has 1 aliphatic rings. The Hall–Kier alpha value is -1.92. The Morgan fingerprint density at radius 3 is 2.32 bits per heavy atom. The third-order valence-electron chi connectivity index (χ3n) is 4.73. The minimum atomic E-state index is -0.474. The summed E-state index contributed by atoms with van der Waals surface area (Å²) in [4.78, 5) is 28.0. The van der Waals surface area contributed by atoms with E-state index in [0.29, 0.717) is 31.9 Å². The summed E-state index contributed by atoms with van der Waals surface area (Å²) in [6, 6.07) is 6.92. The van der Waals surface area contributed by atoms with Gasteiger partial charge in [-0.3, -0.25) is 9.59 Å². The van der Waals surface area contributed by atoms with Crippen molar-refractivity contribution in [1.82, 2.24) is 9.80 Å². The zero-order chi connectivity index (χ0) is 18.4. The lowest BCUT2D eigenvalue weighted by atomic mass is 9.91. The number of nitrogens with zero attached hydrogens (tertiary/aromatic N) is 2. The standard InChI is InChI=1S/C19H29N3O3/c1-4-22(19(24)17(20)15-9-11-25-12-10-15)13-14-5-7-16(8-6-14)18(23)21(2)3/h5-8,15,17H,4,9-13,20H2,1-3H3. The number of rotatable bonds is 6. The number of carbonyl (C=O) groups is 2. The molecule has 1 aromatic rings. The molecule has 1 aromatic carbocycles. The van der Waals surface area contributed by atoms with Gasteiger partial charge in [0.15, 0.2) is 0 Å². The van der Waals surface area contributed by atoms with E-state index in [0.717, 1.165) is 18.4 Å². The molecule has 1 unspecified atom stereocenters. The molecule has 138 valence electrons. The van der Waals surface area contributed by atoms with E-state index in [-0.39, 0.29) is 17.7 Å². The Labute approximate surface area is 149 Å². The van der Waals surface area contributed by atoms with Crippen LogP contribution >= 0.6 is 0 Å². The van der Waals surface area contributed by atoms with E-state index in [1.54, 1.807) is 36.0 Å². The highest BCUT2D eigenvalue weighted by atomic mass is 16.5. The van der Waals surface area contributed by atoms with Crippen LogP contribution in [0.15, 0.2) is 24.3 Å². The van der Waals surface area contributed by atoms with Gasteiger partial charge in [0.1, 0.15) is 0 Å². The third kappa shape index (κ3) is 5.03. The number of nitrogens with two attached hydrogens (primary N) is 1. The molecular formula is C19H29N3O3. The molecule has 0 saturated carbocycles. The Morgan fingerprint density at radius 2 is 1.80 bits per heavy atom. The SMILES string of the molecule is CCN(Cc1ccc(C(=O)N(C)C)cc1)C(=O)C(N)C1CCOCC1. The normalized spacial score (nSPS) is 16.3. The molecule has 0 radical (unpaired) electrons. The molecule has 1 heterocycles. The summed E-state index contributed by atoms with van der Waals surface area (Å²) in [6.07, 6.45) is 1.68. The third-order valence-corrected chi connectivity index (χ3v) is 4.73. The molecule has 6 heteroatoms. The average Bonchev–Trinajstić information content (AvgIpc) is 2.65. The van der Waals surface area contributed by atoms with Gasteiger partial charge in [-0.2, -0.15) is 0 Å². The molecule has 0 aliphatic carbocycles. The van der Waals surface area contributed by atoms with E-state index >= 15 is 0 Å². The van der Waals surface area contributed by atoms with Gasteiger partial charge in [0.05, 0.1) is 6.04 Å².